The van der Waals surface area contributed by atoms with Gasteiger partial charge in [-0.05, 0) is 38.2 Å². The molecule has 0 atom stereocenters. The van der Waals surface area contributed by atoms with Crippen molar-refractivity contribution in [2.45, 2.75) is 13.3 Å². The molecule has 0 spiro atoms. The smallest absolute Gasteiger partial charge is 0.169 e. The highest BCUT2D eigenvalue weighted by atomic mass is 32.1. The van der Waals surface area contributed by atoms with E-state index < -0.39 is 0 Å². The fraction of sp³-hybridized carbons (Fsp3) is 0.292. The van der Waals surface area contributed by atoms with E-state index in [-0.39, 0.29) is 12.2 Å². The van der Waals surface area contributed by atoms with Gasteiger partial charge in [-0.3, -0.25) is 14.8 Å². The molecule has 0 unspecified atom stereocenters. The first-order valence-electron chi connectivity index (χ1n) is 10.7. The van der Waals surface area contributed by atoms with Crippen molar-refractivity contribution in [1.29, 1.82) is 0 Å². The number of nitrogens with zero attached hydrogens (tertiary/aromatic N) is 6. The number of Topliss-reactive ketones (excluding diaryl/α,β-unsaturated/α-hetero) is 1. The van der Waals surface area contributed by atoms with Gasteiger partial charge in [0.2, 0.25) is 0 Å². The molecule has 1 aliphatic heterocycles. The molecule has 1 fully saturated rings. The van der Waals surface area contributed by atoms with E-state index in [1.54, 1.807) is 29.8 Å². The van der Waals surface area contributed by atoms with Gasteiger partial charge in [-0.25, -0.2) is 9.97 Å². The van der Waals surface area contributed by atoms with Crippen LogP contribution in [0.2, 0.25) is 0 Å². The molecule has 4 aromatic rings. The van der Waals surface area contributed by atoms with Crippen LogP contribution in [0.15, 0.2) is 49.1 Å². The Bertz CT molecular complexity index is 1280. The number of aromatic nitrogens is 4. The molecule has 8 heteroatoms. The number of fused-ring (bicyclic) bond motifs is 1. The number of ketones is 1. The molecule has 7 nitrogen and oxygen atoms in total. The van der Waals surface area contributed by atoms with Gasteiger partial charge in [0.25, 0.3) is 0 Å². The Balaban J connectivity index is 1.36. The quantitative estimate of drug-likeness (QED) is 0.435. The maximum Gasteiger partial charge on any atom is 0.169 e. The molecule has 0 saturated carbocycles. The number of thiazole rings is 1. The Morgan fingerprint density at radius 2 is 1.84 bits per heavy atom. The molecule has 0 aromatic carbocycles. The van der Waals surface area contributed by atoms with Crippen LogP contribution in [0.1, 0.15) is 20.9 Å². The second-order valence-corrected chi connectivity index (χ2v) is 9.40. The van der Waals surface area contributed by atoms with Gasteiger partial charge in [-0.15, -0.1) is 11.3 Å². The van der Waals surface area contributed by atoms with E-state index >= 15 is 0 Å². The van der Waals surface area contributed by atoms with E-state index in [2.05, 4.69) is 42.8 Å². The molecule has 4 aromatic heterocycles. The lowest BCUT2D eigenvalue weighted by atomic mass is 10.1. The van der Waals surface area contributed by atoms with Crippen LogP contribution < -0.4 is 4.90 Å². The first kappa shape index (κ1) is 20.7. The van der Waals surface area contributed by atoms with Crippen molar-refractivity contribution in [3.8, 4) is 10.6 Å². The van der Waals surface area contributed by atoms with Crippen molar-refractivity contribution in [2.24, 2.45) is 0 Å². The van der Waals surface area contributed by atoms with Crippen molar-refractivity contribution >= 4 is 33.8 Å². The van der Waals surface area contributed by atoms with Gasteiger partial charge < -0.3 is 9.80 Å². The second-order valence-electron chi connectivity index (χ2n) is 8.16. The SMILES string of the molecule is Cc1cnc(-c2cnc3cnc(CC(=O)c4ccnc(N5CCN(C)CC5)c4)cc3c2)s1. The van der Waals surface area contributed by atoms with Gasteiger partial charge >= 0.3 is 0 Å². The molecule has 5 heterocycles. The van der Waals surface area contributed by atoms with Gasteiger partial charge in [-0.1, -0.05) is 0 Å². The van der Waals surface area contributed by atoms with E-state index in [1.165, 1.54) is 0 Å². The number of hydrogen-bond acceptors (Lipinski definition) is 8. The summed E-state index contributed by atoms with van der Waals surface area (Å²) in [6, 6.07) is 7.70. The number of pyridine rings is 3. The zero-order valence-electron chi connectivity index (χ0n) is 18.2. The summed E-state index contributed by atoms with van der Waals surface area (Å²) in [5.41, 5.74) is 3.18. The number of hydrogen-bond donors (Lipinski definition) is 0. The Kier molecular flexibility index (Phi) is 5.63. The zero-order chi connectivity index (χ0) is 22.1. The molecule has 5 rings (SSSR count). The molecule has 0 amide bonds. The number of rotatable bonds is 5. The lowest BCUT2D eigenvalue weighted by molar-refractivity contribution is 0.0992. The summed E-state index contributed by atoms with van der Waals surface area (Å²) >= 11 is 1.64. The molecule has 0 radical (unpaired) electrons. The summed E-state index contributed by atoms with van der Waals surface area (Å²) in [4.78, 5) is 36.6. The van der Waals surface area contributed by atoms with Gasteiger partial charge in [0.1, 0.15) is 10.8 Å². The van der Waals surface area contributed by atoms with E-state index in [4.69, 9.17) is 0 Å². The van der Waals surface area contributed by atoms with Gasteiger partial charge in [0.15, 0.2) is 5.78 Å². The van der Waals surface area contributed by atoms with Crippen molar-refractivity contribution < 1.29 is 4.79 Å². The predicted molar refractivity (Wildman–Crippen MR) is 127 cm³/mol. The monoisotopic (exact) mass is 444 g/mol. The summed E-state index contributed by atoms with van der Waals surface area (Å²) in [6.45, 7) is 5.87. The molecule has 32 heavy (non-hydrogen) atoms. The number of anilines is 1. The number of carbonyl (C=O) groups excluding carboxylic acids is 1. The maximum atomic E-state index is 13.0. The number of carbonyl (C=O) groups is 1. The van der Waals surface area contributed by atoms with Crippen LogP contribution in [0, 0.1) is 6.92 Å². The number of aryl methyl sites for hydroxylation is 1. The minimum atomic E-state index is 0.0364. The number of likely N-dealkylation sites (N-methyl/N-ethyl adjacent to an activating group) is 1. The van der Waals surface area contributed by atoms with E-state index in [0.717, 1.165) is 64.0 Å². The maximum absolute atomic E-state index is 13.0. The Morgan fingerprint density at radius 1 is 1.00 bits per heavy atom. The van der Waals surface area contributed by atoms with Crippen molar-refractivity contribution in [1.82, 2.24) is 24.8 Å². The van der Waals surface area contributed by atoms with Crippen LogP contribution in [-0.4, -0.2) is 63.8 Å². The van der Waals surface area contributed by atoms with E-state index in [0.29, 0.717) is 5.56 Å². The van der Waals surface area contributed by atoms with Crippen LogP contribution in [0.3, 0.4) is 0 Å². The average molecular weight is 445 g/mol. The third-order valence-electron chi connectivity index (χ3n) is 5.73. The van der Waals surface area contributed by atoms with E-state index in [9.17, 15) is 4.79 Å². The van der Waals surface area contributed by atoms with E-state index in [1.807, 2.05) is 31.5 Å². The fourth-order valence-corrected chi connectivity index (χ4v) is 4.59. The summed E-state index contributed by atoms with van der Waals surface area (Å²) in [5, 5.41) is 1.90. The van der Waals surface area contributed by atoms with Gasteiger partial charge in [0, 0.05) is 71.9 Å². The summed E-state index contributed by atoms with van der Waals surface area (Å²) in [5.74, 6) is 0.900. The summed E-state index contributed by atoms with van der Waals surface area (Å²) < 4.78 is 0. The first-order valence-corrected chi connectivity index (χ1v) is 11.5. The molecule has 0 aliphatic carbocycles. The van der Waals surface area contributed by atoms with Crippen LogP contribution in [0.4, 0.5) is 5.82 Å². The Morgan fingerprint density at radius 3 is 2.62 bits per heavy atom. The van der Waals surface area contributed by atoms with Gasteiger partial charge in [-0.2, -0.15) is 0 Å². The molecule has 0 bridgehead atoms. The average Bonchev–Trinajstić information content (AvgIpc) is 3.25. The number of piperazine rings is 1. The fourth-order valence-electron chi connectivity index (χ4n) is 3.85. The molecule has 1 saturated heterocycles. The van der Waals surface area contributed by atoms with Crippen molar-refractivity contribution in [2.75, 3.05) is 38.1 Å². The molecule has 162 valence electrons. The zero-order valence-corrected chi connectivity index (χ0v) is 19.0. The standard InChI is InChI=1S/C24H24N6OS/c1-16-13-28-24(32-16)19-9-18-10-20(26-15-21(18)27-14-19)12-22(31)17-3-4-25-23(11-17)30-7-5-29(2)6-8-30/h3-4,9-11,13-15H,5-8,12H2,1-2H3. The first-order chi connectivity index (χ1) is 15.5. The highest BCUT2D eigenvalue weighted by Gasteiger charge is 2.17. The van der Waals surface area contributed by atoms with Gasteiger partial charge in [0.05, 0.1) is 18.1 Å². The molecular weight excluding hydrogens is 420 g/mol. The lowest BCUT2D eigenvalue weighted by Crippen LogP contribution is -2.44. The topological polar surface area (TPSA) is 75.1 Å². The Labute approximate surface area is 190 Å². The predicted octanol–water partition coefficient (Wildman–Crippen LogP) is 3.63. The minimum absolute atomic E-state index is 0.0364. The van der Waals surface area contributed by atoms with Crippen molar-refractivity contribution in [3.05, 3.63) is 65.2 Å². The van der Waals surface area contributed by atoms with Crippen LogP contribution in [0.5, 0.6) is 0 Å². The third-order valence-corrected chi connectivity index (χ3v) is 6.69. The highest BCUT2D eigenvalue weighted by molar-refractivity contribution is 7.14. The molecule has 0 N–H and O–H groups in total. The molecular formula is C24H24N6OS. The Hall–Kier alpha value is -3.23. The third kappa shape index (κ3) is 4.37. The minimum Gasteiger partial charge on any atom is -0.354 e. The largest absolute Gasteiger partial charge is 0.354 e. The van der Waals surface area contributed by atoms with Crippen LogP contribution >= 0.6 is 11.3 Å². The lowest BCUT2D eigenvalue weighted by Gasteiger charge is -2.33. The second kappa shape index (κ2) is 8.72. The summed E-state index contributed by atoms with van der Waals surface area (Å²) in [7, 11) is 2.12. The molecule has 1 aliphatic rings. The van der Waals surface area contributed by atoms with Crippen LogP contribution in [0.25, 0.3) is 21.5 Å². The normalized spacial score (nSPS) is 14.8. The highest BCUT2D eigenvalue weighted by Crippen LogP contribution is 2.27. The van der Waals surface area contributed by atoms with Crippen LogP contribution in [-0.2, 0) is 6.42 Å². The van der Waals surface area contributed by atoms with Crippen molar-refractivity contribution in [3.63, 3.8) is 0 Å². The summed E-state index contributed by atoms with van der Waals surface area (Å²) in [6.07, 6.45) is 7.39.